The highest BCUT2D eigenvalue weighted by Gasteiger charge is 2.48. The van der Waals surface area contributed by atoms with Crippen LogP contribution in [0.1, 0.15) is 49.1 Å². The summed E-state index contributed by atoms with van der Waals surface area (Å²) in [4.78, 5) is 0. The standard InChI is InChI=1S/C17H22/c1-11-4-2-3-5-16(11)17-14-7-12-6-13(9-14)10-15(17)8-12/h2-5,12-15,17H,6-10H2,1H3. The Morgan fingerprint density at radius 3 is 2.00 bits per heavy atom. The lowest BCUT2D eigenvalue weighted by Crippen LogP contribution is -2.43. The Kier molecular flexibility index (Phi) is 2.16. The third-order valence-electron chi connectivity index (χ3n) is 5.77. The van der Waals surface area contributed by atoms with Crippen molar-refractivity contribution >= 4 is 0 Å². The molecule has 4 saturated carbocycles. The van der Waals surface area contributed by atoms with Gasteiger partial charge < -0.3 is 0 Å². The fourth-order valence-corrected chi connectivity index (χ4v) is 5.39. The third-order valence-corrected chi connectivity index (χ3v) is 5.77. The summed E-state index contributed by atoms with van der Waals surface area (Å²) in [5, 5.41) is 0. The summed E-state index contributed by atoms with van der Waals surface area (Å²) in [6.07, 6.45) is 7.70. The molecule has 1 aromatic carbocycles. The topological polar surface area (TPSA) is 0 Å². The molecule has 0 unspecified atom stereocenters. The van der Waals surface area contributed by atoms with Crippen molar-refractivity contribution in [2.75, 3.05) is 0 Å². The van der Waals surface area contributed by atoms with Crippen molar-refractivity contribution in [2.24, 2.45) is 23.7 Å². The first kappa shape index (κ1) is 10.2. The summed E-state index contributed by atoms with van der Waals surface area (Å²) in [6, 6.07) is 9.14. The van der Waals surface area contributed by atoms with Crippen molar-refractivity contribution in [3.05, 3.63) is 35.4 Å². The van der Waals surface area contributed by atoms with Crippen molar-refractivity contribution in [1.29, 1.82) is 0 Å². The molecule has 4 bridgehead atoms. The third kappa shape index (κ3) is 1.49. The molecule has 0 aromatic heterocycles. The quantitative estimate of drug-likeness (QED) is 0.659. The predicted molar refractivity (Wildman–Crippen MR) is 71.0 cm³/mol. The maximum absolute atomic E-state index is 2.41. The first-order valence-corrected chi connectivity index (χ1v) is 7.37. The van der Waals surface area contributed by atoms with Crippen LogP contribution in [0.3, 0.4) is 0 Å². The first-order valence-electron chi connectivity index (χ1n) is 7.37. The molecule has 4 fully saturated rings. The van der Waals surface area contributed by atoms with Crippen LogP contribution in [0.2, 0.25) is 0 Å². The zero-order valence-electron chi connectivity index (χ0n) is 10.7. The molecule has 0 spiro atoms. The number of rotatable bonds is 1. The molecule has 90 valence electrons. The van der Waals surface area contributed by atoms with Gasteiger partial charge in [-0.1, -0.05) is 24.3 Å². The van der Waals surface area contributed by atoms with Gasteiger partial charge in [0.05, 0.1) is 0 Å². The molecule has 1 aromatic rings. The lowest BCUT2D eigenvalue weighted by Gasteiger charge is -2.55. The smallest absolute Gasteiger partial charge is 0.0102 e. The van der Waals surface area contributed by atoms with E-state index < -0.39 is 0 Å². The fourth-order valence-electron chi connectivity index (χ4n) is 5.39. The highest BCUT2D eigenvalue weighted by Crippen LogP contribution is 2.59. The minimum Gasteiger partial charge on any atom is -0.0620 e. The molecule has 4 aliphatic rings. The molecule has 0 atom stereocenters. The number of hydrogen-bond donors (Lipinski definition) is 0. The summed E-state index contributed by atoms with van der Waals surface area (Å²) >= 11 is 0. The van der Waals surface area contributed by atoms with E-state index >= 15 is 0 Å². The molecule has 17 heavy (non-hydrogen) atoms. The highest BCUT2D eigenvalue weighted by atomic mass is 14.5. The van der Waals surface area contributed by atoms with E-state index in [0.29, 0.717) is 0 Å². The fraction of sp³-hybridized carbons (Fsp3) is 0.647. The van der Waals surface area contributed by atoms with Gasteiger partial charge in [-0.15, -0.1) is 0 Å². The van der Waals surface area contributed by atoms with Crippen LogP contribution in [0.5, 0.6) is 0 Å². The molecule has 4 aliphatic carbocycles. The molecule has 0 aliphatic heterocycles. The molecule has 0 heteroatoms. The van der Waals surface area contributed by atoms with Gasteiger partial charge in [-0.05, 0) is 79.7 Å². The molecule has 0 saturated heterocycles. The van der Waals surface area contributed by atoms with Crippen LogP contribution in [0.15, 0.2) is 24.3 Å². The van der Waals surface area contributed by atoms with Gasteiger partial charge in [-0.2, -0.15) is 0 Å². The largest absolute Gasteiger partial charge is 0.0620 e. The average molecular weight is 226 g/mol. The first-order chi connectivity index (χ1) is 8.31. The lowest BCUT2D eigenvalue weighted by molar-refractivity contribution is -0.00297. The van der Waals surface area contributed by atoms with Crippen LogP contribution in [0, 0.1) is 30.6 Å². The average Bonchev–Trinajstić information content (AvgIpc) is 2.30. The van der Waals surface area contributed by atoms with Crippen molar-refractivity contribution in [2.45, 2.75) is 44.9 Å². The molecule has 0 nitrogen and oxygen atoms in total. The Morgan fingerprint density at radius 2 is 1.41 bits per heavy atom. The van der Waals surface area contributed by atoms with Crippen LogP contribution in [-0.2, 0) is 0 Å². The molecule has 0 amide bonds. The van der Waals surface area contributed by atoms with Crippen LogP contribution in [0.4, 0.5) is 0 Å². The molecule has 0 heterocycles. The van der Waals surface area contributed by atoms with Gasteiger partial charge in [-0.25, -0.2) is 0 Å². The van der Waals surface area contributed by atoms with E-state index in [-0.39, 0.29) is 0 Å². The molecular weight excluding hydrogens is 204 g/mol. The molecule has 0 radical (unpaired) electrons. The summed E-state index contributed by atoms with van der Waals surface area (Å²) in [7, 11) is 0. The lowest BCUT2D eigenvalue weighted by atomic mass is 9.50. The van der Waals surface area contributed by atoms with Crippen LogP contribution < -0.4 is 0 Å². The van der Waals surface area contributed by atoms with Crippen LogP contribution in [-0.4, -0.2) is 0 Å². The van der Waals surface area contributed by atoms with Gasteiger partial charge in [0.15, 0.2) is 0 Å². The maximum atomic E-state index is 2.41. The van der Waals surface area contributed by atoms with Crippen molar-refractivity contribution in [3.63, 3.8) is 0 Å². The van der Waals surface area contributed by atoms with Crippen molar-refractivity contribution < 1.29 is 0 Å². The highest BCUT2D eigenvalue weighted by molar-refractivity contribution is 5.32. The Balaban J connectivity index is 1.73. The zero-order valence-corrected chi connectivity index (χ0v) is 10.7. The second-order valence-corrected chi connectivity index (χ2v) is 6.81. The van der Waals surface area contributed by atoms with E-state index in [1.54, 1.807) is 12.0 Å². The summed E-state index contributed by atoms with van der Waals surface area (Å²) in [6.45, 7) is 2.31. The Labute approximate surface area is 104 Å². The van der Waals surface area contributed by atoms with Gasteiger partial charge in [0.25, 0.3) is 0 Å². The van der Waals surface area contributed by atoms with Crippen molar-refractivity contribution in [1.82, 2.24) is 0 Å². The van der Waals surface area contributed by atoms with E-state index in [9.17, 15) is 0 Å². The van der Waals surface area contributed by atoms with Crippen molar-refractivity contribution in [3.8, 4) is 0 Å². The Bertz CT molecular complexity index is 403. The second-order valence-electron chi connectivity index (χ2n) is 6.81. The van der Waals surface area contributed by atoms with E-state index in [4.69, 9.17) is 0 Å². The number of hydrogen-bond acceptors (Lipinski definition) is 0. The van der Waals surface area contributed by atoms with E-state index in [0.717, 1.165) is 29.6 Å². The predicted octanol–water partition coefficient (Wildman–Crippen LogP) is 4.53. The monoisotopic (exact) mass is 226 g/mol. The number of benzene rings is 1. The summed E-state index contributed by atoms with van der Waals surface area (Å²) < 4.78 is 0. The van der Waals surface area contributed by atoms with Gasteiger partial charge in [0, 0.05) is 0 Å². The van der Waals surface area contributed by atoms with Crippen LogP contribution in [0.25, 0.3) is 0 Å². The SMILES string of the molecule is Cc1ccccc1C1C2CC3CC(C2)CC1C3. The minimum absolute atomic E-state index is 0.906. The minimum atomic E-state index is 0.906. The summed E-state index contributed by atoms with van der Waals surface area (Å²) in [5.41, 5.74) is 3.21. The van der Waals surface area contributed by atoms with E-state index in [1.165, 1.54) is 31.2 Å². The van der Waals surface area contributed by atoms with Crippen LogP contribution >= 0.6 is 0 Å². The van der Waals surface area contributed by atoms with E-state index in [2.05, 4.69) is 31.2 Å². The molecule has 0 N–H and O–H groups in total. The second kappa shape index (κ2) is 3.60. The maximum Gasteiger partial charge on any atom is -0.0102 e. The van der Waals surface area contributed by atoms with Gasteiger partial charge in [0.1, 0.15) is 0 Å². The zero-order chi connectivity index (χ0) is 11.4. The molecule has 5 rings (SSSR count). The molecular formula is C17H22. The number of aryl methyl sites for hydroxylation is 1. The normalized spacial score (nSPS) is 43.0. The van der Waals surface area contributed by atoms with Gasteiger partial charge in [0.2, 0.25) is 0 Å². The van der Waals surface area contributed by atoms with E-state index in [1.807, 2.05) is 0 Å². The summed E-state index contributed by atoms with van der Waals surface area (Å²) in [5.74, 6) is 5.14. The Morgan fingerprint density at radius 1 is 0.824 bits per heavy atom. The Hall–Kier alpha value is -0.780. The van der Waals surface area contributed by atoms with Gasteiger partial charge >= 0.3 is 0 Å². The van der Waals surface area contributed by atoms with Gasteiger partial charge in [-0.3, -0.25) is 0 Å².